The minimum absolute atomic E-state index is 0.0179. The lowest BCUT2D eigenvalue weighted by Gasteiger charge is -2.19. The third kappa shape index (κ3) is 2.69. The highest BCUT2D eigenvalue weighted by atomic mass is 16.3. The number of nitrogen functional groups attached to an aromatic ring is 1. The second-order valence-corrected chi connectivity index (χ2v) is 5.98. The molecule has 0 atom stereocenters. The molecule has 0 spiro atoms. The van der Waals surface area contributed by atoms with E-state index in [1.54, 1.807) is 38.2 Å². The van der Waals surface area contributed by atoms with Crippen molar-refractivity contribution >= 4 is 11.7 Å². The molecule has 0 aliphatic carbocycles. The quantitative estimate of drug-likeness (QED) is 0.665. The average molecular weight is 350 g/mol. The molecule has 2 aromatic heterocycles. The van der Waals surface area contributed by atoms with E-state index >= 15 is 0 Å². The second-order valence-electron chi connectivity index (χ2n) is 5.98. The van der Waals surface area contributed by atoms with Gasteiger partial charge in [0.05, 0.1) is 16.8 Å². The molecule has 0 unspecified atom stereocenters. The zero-order chi connectivity index (χ0) is 19.0. The molecule has 0 saturated heterocycles. The molecule has 0 aliphatic rings. The normalized spacial score (nSPS) is 10.7. The van der Waals surface area contributed by atoms with Crippen LogP contribution in [0.2, 0.25) is 0 Å². The maximum absolute atomic E-state index is 13.2. The zero-order valence-corrected chi connectivity index (χ0v) is 14.4. The number of anilines is 1. The predicted molar refractivity (Wildman–Crippen MR) is 99.3 cm³/mol. The number of nitrogens with two attached hydrogens (primary N) is 2. The SMILES string of the molecule is Cc1ccc(O)c(C)c1-n1c(N)c(C(N)=O)cc(-c2cccnc2)c1=O. The molecule has 132 valence electrons. The predicted octanol–water partition coefficient (Wildman–Crippen LogP) is 1.90. The summed E-state index contributed by atoms with van der Waals surface area (Å²) in [7, 11) is 0. The van der Waals surface area contributed by atoms with Gasteiger partial charge in [-0.1, -0.05) is 12.1 Å². The van der Waals surface area contributed by atoms with Crippen molar-refractivity contribution < 1.29 is 9.90 Å². The van der Waals surface area contributed by atoms with Crippen LogP contribution in [0.5, 0.6) is 5.75 Å². The summed E-state index contributed by atoms with van der Waals surface area (Å²) < 4.78 is 1.22. The van der Waals surface area contributed by atoms with Crippen molar-refractivity contribution in [2.24, 2.45) is 5.73 Å². The maximum Gasteiger partial charge on any atom is 0.264 e. The van der Waals surface area contributed by atoms with Gasteiger partial charge in [-0.05, 0) is 37.6 Å². The van der Waals surface area contributed by atoms with Gasteiger partial charge in [0.25, 0.3) is 11.5 Å². The van der Waals surface area contributed by atoms with Crippen LogP contribution in [0.15, 0.2) is 47.5 Å². The lowest BCUT2D eigenvalue weighted by molar-refractivity contribution is 0.100. The van der Waals surface area contributed by atoms with Crippen LogP contribution in [0.25, 0.3) is 16.8 Å². The monoisotopic (exact) mass is 350 g/mol. The minimum Gasteiger partial charge on any atom is -0.508 e. The highest BCUT2D eigenvalue weighted by molar-refractivity contribution is 5.98. The largest absolute Gasteiger partial charge is 0.508 e. The number of hydrogen-bond donors (Lipinski definition) is 3. The molecule has 0 aliphatic heterocycles. The van der Waals surface area contributed by atoms with E-state index < -0.39 is 11.5 Å². The van der Waals surface area contributed by atoms with Gasteiger partial charge in [-0.2, -0.15) is 0 Å². The fourth-order valence-electron chi connectivity index (χ4n) is 2.95. The van der Waals surface area contributed by atoms with Gasteiger partial charge in [0, 0.05) is 23.5 Å². The van der Waals surface area contributed by atoms with E-state index in [-0.39, 0.29) is 22.7 Å². The van der Waals surface area contributed by atoms with E-state index in [0.717, 1.165) is 0 Å². The summed E-state index contributed by atoms with van der Waals surface area (Å²) in [5, 5.41) is 10.1. The molecule has 26 heavy (non-hydrogen) atoms. The molecule has 3 rings (SSSR count). The number of hydrogen-bond acceptors (Lipinski definition) is 5. The molecule has 5 N–H and O–H groups in total. The van der Waals surface area contributed by atoms with Crippen LogP contribution in [0.1, 0.15) is 21.5 Å². The molecule has 7 nitrogen and oxygen atoms in total. The molecular formula is C19H18N4O3. The van der Waals surface area contributed by atoms with Gasteiger partial charge >= 0.3 is 0 Å². The van der Waals surface area contributed by atoms with Crippen LogP contribution in [0, 0.1) is 13.8 Å². The van der Waals surface area contributed by atoms with Crippen LogP contribution in [0.4, 0.5) is 5.82 Å². The average Bonchev–Trinajstić information content (AvgIpc) is 2.61. The Morgan fingerprint density at radius 1 is 1.23 bits per heavy atom. The molecule has 1 amide bonds. The Balaban J connectivity index is 2.47. The van der Waals surface area contributed by atoms with Gasteiger partial charge in [-0.25, -0.2) is 0 Å². The van der Waals surface area contributed by atoms with Crippen LogP contribution < -0.4 is 17.0 Å². The Labute approximate surface area is 149 Å². The molecule has 0 radical (unpaired) electrons. The number of phenols is 1. The number of primary amides is 1. The summed E-state index contributed by atoms with van der Waals surface area (Å²) in [5.41, 5.74) is 13.5. The van der Waals surface area contributed by atoms with Crippen LogP contribution in [-0.2, 0) is 0 Å². The van der Waals surface area contributed by atoms with Crippen molar-refractivity contribution in [3.63, 3.8) is 0 Å². The Hall–Kier alpha value is -3.61. The number of amides is 1. The fourth-order valence-corrected chi connectivity index (χ4v) is 2.95. The van der Waals surface area contributed by atoms with Gasteiger partial charge in [-0.3, -0.25) is 19.1 Å². The first-order valence-corrected chi connectivity index (χ1v) is 7.88. The van der Waals surface area contributed by atoms with E-state index in [0.29, 0.717) is 22.4 Å². The van der Waals surface area contributed by atoms with Crippen LogP contribution in [0.3, 0.4) is 0 Å². The smallest absolute Gasteiger partial charge is 0.264 e. The Bertz CT molecular complexity index is 1070. The standard InChI is InChI=1S/C19H18N4O3/c1-10-5-6-15(24)11(2)16(10)23-17(20)14(18(21)25)8-13(19(23)26)12-4-3-7-22-9-12/h3-9,24H,20H2,1-2H3,(H2,21,25). The van der Waals surface area contributed by atoms with Crippen molar-refractivity contribution in [3.05, 3.63) is 69.8 Å². The van der Waals surface area contributed by atoms with Crippen molar-refractivity contribution in [1.82, 2.24) is 9.55 Å². The molecule has 0 bridgehead atoms. The van der Waals surface area contributed by atoms with Gasteiger partial charge in [0.2, 0.25) is 0 Å². The van der Waals surface area contributed by atoms with Crippen molar-refractivity contribution in [2.75, 3.05) is 5.73 Å². The highest BCUT2D eigenvalue weighted by Gasteiger charge is 2.21. The zero-order valence-electron chi connectivity index (χ0n) is 14.4. The van der Waals surface area contributed by atoms with E-state index in [1.807, 2.05) is 0 Å². The maximum atomic E-state index is 13.2. The Morgan fingerprint density at radius 2 is 1.96 bits per heavy atom. The van der Waals surface area contributed by atoms with Crippen molar-refractivity contribution in [2.45, 2.75) is 13.8 Å². The lowest BCUT2D eigenvalue weighted by atomic mass is 10.0. The number of carbonyl (C=O) groups is 1. The van der Waals surface area contributed by atoms with Crippen LogP contribution >= 0.6 is 0 Å². The van der Waals surface area contributed by atoms with Gasteiger partial charge < -0.3 is 16.6 Å². The number of carbonyl (C=O) groups excluding carboxylic acids is 1. The first kappa shape index (κ1) is 17.2. The van der Waals surface area contributed by atoms with Gasteiger partial charge in [0.15, 0.2) is 0 Å². The van der Waals surface area contributed by atoms with Gasteiger partial charge in [-0.15, -0.1) is 0 Å². The fraction of sp³-hybridized carbons (Fsp3) is 0.105. The summed E-state index contributed by atoms with van der Waals surface area (Å²) in [6, 6.07) is 7.97. The number of benzene rings is 1. The first-order valence-electron chi connectivity index (χ1n) is 7.88. The number of pyridine rings is 2. The number of phenolic OH excluding ortho intramolecular Hbond substituents is 1. The highest BCUT2D eigenvalue weighted by Crippen LogP contribution is 2.29. The number of aryl methyl sites for hydroxylation is 1. The van der Waals surface area contributed by atoms with E-state index in [4.69, 9.17) is 11.5 Å². The van der Waals surface area contributed by atoms with E-state index in [2.05, 4.69) is 4.98 Å². The first-order chi connectivity index (χ1) is 12.3. The molecule has 0 saturated carbocycles. The van der Waals surface area contributed by atoms with Crippen LogP contribution in [-0.4, -0.2) is 20.6 Å². The van der Waals surface area contributed by atoms with Crippen molar-refractivity contribution in [3.8, 4) is 22.6 Å². The van der Waals surface area contributed by atoms with E-state index in [1.165, 1.54) is 22.9 Å². The third-order valence-electron chi connectivity index (χ3n) is 4.30. The number of rotatable bonds is 3. The summed E-state index contributed by atoms with van der Waals surface area (Å²) in [5.74, 6) is -0.812. The van der Waals surface area contributed by atoms with E-state index in [9.17, 15) is 14.7 Å². The Morgan fingerprint density at radius 3 is 2.58 bits per heavy atom. The third-order valence-corrected chi connectivity index (χ3v) is 4.30. The summed E-state index contributed by atoms with van der Waals surface area (Å²) >= 11 is 0. The summed E-state index contributed by atoms with van der Waals surface area (Å²) in [6.45, 7) is 3.46. The molecule has 1 aromatic carbocycles. The summed E-state index contributed by atoms with van der Waals surface area (Å²) in [4.78, 5) is 29.1. The molecule has 7 heteroatoms. The Kier molecular flexibility index (Phi) is 4.21. The number of nitrogens with zero attached hydrogens (tertiary/aromatic N) is 2. The second kappa shape index (κ2) is 6.36. The molecule has 3 aromatic rings. The molecule has 2 heterocycles. The minimum atomic E-state index is -0.753. The number of aromatic hydroxyl groups is 1. The molecule has 0 fully saturated rings. The summed E-state index contributed by atoms with van der Waals surface area (Å²) in [6.07, 6.45) is 3.10. The number of aromatic nitrogens is 2. The van der Waals surface area contributed by atoms with Crippen molar-refractivity contribution in [1.29, 1.82) is 0 Å². The van der Waals surface area contributed by atoms with Gasteiger partial charge in [0.1, 0.15) is 11.6 Å². The molecular weight excluding hydrogens is 332 g/mol. The topological polar surface area (TPSA) is 124 Å². The lowest BCUT2D eigenvalue weighted by Crippen LogP contribution is -2.28.